The van der Waals surface area contributed by atoms with Gasteiger partial charge in [-0.3, -0.25) is 0 Å². The molecule has 0 amide bonds. The van der Waals surface area contributed by atoms with Gasteiger partial charge in [0.1, 0.15) is 0 Å². The van der Waals surface area contributed by atoms with Gasteiger partial charge in [-0.1, -0.05) is 41.5 Å². The highest BCUT2D eigenvalue weighted by Gasteiger charge is 2.23. The highest BCUT2D eigenvalue weighted by Crippen LogP contribution is 2.18. The molecule has 13 heavy (non-hydrogen) atoms. The summed E-state index contributed by atoms with van der Waals surface area (Å²) >= 11 is 0. The Morgan fingerprint density at radius 2 is 1.08 bits per heavy atom. The number of hydrogen-bond donors (Lipinski definition) is 2. The molecular formula is C11H28N2. The van der Waals surface area contributed by atoms with Crippen molar-refractivity contribution in [3.05, 3.63) is 0 Å². The zero-order valence-electron chi connectivity index (χ0n) is 10.4. The van der Waals surface area contributed by atoms with Crippen molar-refractivity contribution in [2.75, 3.05) is 0 Å². The van der Waals surface area contributed by atoms with Crippen LogP contribution in [0.4, 0.5) is 0 Å². The predicted octanol–water partition coefficient (Wildman–Crippen LogP) is 2.37. The molecule has 0 aromatic heterocycles. The summed E-state index contributed by atoms with van der Waals surface area (Å²) in [7, 11) is 0. The monoisotopic (exact) mass is 188 g/mol. The Hall–Kier alpha value is -0.0800. The second-order valence-electron chi connectivity index (χ2n) is 5.48. The van der Waals surface area contributed by atoms with E-state index in [0.717, 1.165) is 5.92 Å². The van der Waals surface area contributed by atoms with Crippen molar-refractivity contribution in [2.24, 2.45) is 22.8 Å². The minimum atomic E-state index is 0.0880. The van der Waals surface area contributed by atoms with Crippen molar-refractivity contribution in [2.45, 2.75) is 60.5 Å². The van der Waals surface area contributed by atoms with Crippen molar-refractivity contribution in [3.8, 4) is 0 Å². The normalized spacial score (nSPS) is 16.2. The molecule has 0 saturated carbocycles. The van der Waals surface area contributed by atoms with Gasteiger partial charge in [0.05, 0.1) is 0 Å². The summed E-state index contributed by atoms with van der Waals surface area (Å²) in [6, 6.07) is 0.183. The van der Waals surface area contributed by atoms with Gasteiger partial charge >= 0.3 is 0 Å². The van der Waals surface area contributed by atoms with Gasteiger partial charge in [0.2, 0.25) is 0 Å². The average molecular weight is 188 g/mol. The Kier molecular flexibility index (Phi) is 7.56. The molecule has 0 rings (SSSR count). The van der Waals surface area contributed by atoms with E-state index in [9.17, 15) is 0 Å². The van der Waals surface area contributed by atoms with Crippen LogP contribution in [0.1, 0.15) is 48.5 Å². The Bertz CT molecular complexity index is 109. The van der Waals surface area contributed by atoms with E-state index in [1.54, 1.807) is 0 Å². The molecule has 0 heterocycles. The van der Waals surface area contributed by atoms with Crippen molar-refractivity contribution < 1.29 is 0 Å². The highest BCUT2D eigenvalue weighted by atomic mass is 14.8. The summed E-state index contributed by atoms with van der Waals surface area (Å²) < 4.78 is 0. The standard InChI is InChI=1S/C7H18N2.C4H10/c1-5(8)6(9)7(2,3)4;1-4(2)3/h5-6H,8-9H2,1-4H3;4H,1-3H3. The van der Waals surface area contributed by atoms with Gasteiger partial charge in [-0.2, -0.15) is 0 Å². The van der Waals surface area contributed by atoms with Crippen molar-refractivity contribution >= 4 is 0 Å². The zero-order chi connectivity index (χ0) is 11.2. The quantitative estimate of drug-likeness (QED) is 0.664. The zero-order valence-corrected chi connectivity index (χ0v) is 10.4. The molecule has 0 spiro atoms. The van der Waals surface area contributed by atoms with E-state index in [2.05, 4.69) is 41.5 Å². The molecule has 2 atom stereocenters. The van der Waals surface area contributed by atoms with Crippen LogP contribution in [0, 0.1) is 11.3 Å². The number of rotatable bonds is 1. The first kappa shape index (κ1) is 15.4. The van der Waals surface area contributed by atoms with Crippen LogP contribution >= 0.6 is 0 Å². The molecule has 82 valence electrons. The van der Waals surface area contributed by atoms with E-state index in [-0.39, 0.29) is 17.5 Å². The van der Waals surface area contributed by atoms with Crippen LogP contribution in [0.3, 0.4) is 0 Å². The van der Waals surface area contributed by atoms with Gasteiger partial charge in [0.25, 0.3) is 0 Å². The summed E-state index contributed by atoms with van der Waals surface area (Å²) in [4.78, 5) is 0. The first-order valence-electron chi connectivity index (χ1n) is 5.10. The molecular weight excluding hydrogens is 160 g/mol. The topological polar surface area (TPSA) is 52.0 Å². The minimum Gasteiger partial charge on any atom is -0.327 e. The lowest BCUT2D eigenvalue weighted by molar-refractivity contribution is 0.289. The molecule has 2 heteroatoms. The van der Waals surface area contributed by atoms with E-state index in [0.29, 0.717) is 0 Å². The lowest BCUT2D eigenvalue weighted by atomic mass is 9.84. The predicted molar refractivity (Wildman–Crippen MR) is 61.6 cm³/mol. The van der Waals surface area contributed by atoms with Crippen molar-refractivity contribution in [1.29, 1.82) is 0 Å². The Labute approximate surface area is 84.1 Å². The second-order valence-corrected chi connectivity index (χ2v) is 5.48. The van der Waals surface area contributed by atoms with Gasteiger partial charge < -0.3 is 11.5 Å². The highest BCUT2D eigenvalue weighted by molar-refractivity contribution is 4.83. The van der Waals surface area contributed by atoms with Crippen LogP contribution in [-0.4, -0.2) is 12.1 Å². The summed E-state index contributed by atoms with van der Waals surface area (Å²) in [5.74, 6) is 0.833. The number of hydrogen-bond acceptors (Lipinski definition) is 2. The van der Waals surface area contributed by atoms with Gasteiger partial charge in [-0.25, -0.2) is 0 Å². The Balaban J connectivity index is 0. The minimum absolute atomic E-state index is 0.0880. The molecule has 0 radical (unpaired) electrons. The first-order valence-corrected chi connectivity index (χ1v) is 5.10. The fourth-order valence-electron chi connectivity index (χ4n) is 0.789. The third-order valence-corrected chi connectivity index (χ3v) is 1.57. The first-order chi connectivity index (χ1) is 5.59. The van der Waals surface area contributed by atoms with Gasteiger partial charge in [-0.15, -0.1) is 0 Å². The lowest BCUT2D eigenvalue weighted by Gasteiger charge is -2.29. The molecule has 0 saturated heterocycles. The molecule has 0 fully saturated rings. The largest absolute Gasteiger partial charge is 0.327 e. The van der Waals surface area contributed by atoms with E-state index in [1.165, 1.54) is 0 Å². The van der Waals surface area contributed by atoms with E-state index < -0.39 is 0 Å². The lowest BCUT2D eigenvalue weighted by Crippen LogP contribution is -2.47. The fraction of sp³-hybridized carbons (Fsp3) is 1.00. The second kappa shape index (κ2) is 6.39. The van der Waals surface area contributed by atoms with E-state index in [1.807, 2.05) is 6.92 Å². The maximum Gasteiger partial charge on any atom is 0.0238 e. The fourth-order valence-corrected chi connectivity index (χ4v) is 0.789. The van der Waals surface area contributed by atoms with E-state index in [4.69, 9.17) is 11.5 Å². The smallest absolute Gasteiger partial charge is 0.0238 e. The summed E-state index contributed by atoms with van der Waals surface area (Å²) in [5.41, 5.74) is 11.5. The maximum atomic E-state index is 5.77. The molecule has 0 aromatic carbocycles. The van der Waals surface area contributed by atoms with Crippen LogP contribution in [-0.2, 0) is 0 Å². The molecule has 4 N–H and O–H groups in total. The van der Waals surface area contributed by atoms with Crippen LogP contribution in [0.15, 0.2) is 0 Å². The van der Waals surface area contributed by atoms with Crippen LogP contribution < -0.4 is 11.5 Å². The molecule has 0 bridgehead atoms. The SMILES string of the molecule is CC(C)C.CC(N)C(N)C(C)(C)C. The maximum absolute atomic E-state index is 5.77. The average Bonchev–Trinajstić information content (AvgIpc) is 1.82. The van der Waals surface area contributed by atoms with Crippen LogP contribution in [0.25, 0.3) is 0 Å². The number of nitrogens with two attached hydrogens (primary N) is 2. The van der Waals surface area contributed by atoms with Crippen molar-refractivity contribution in [1.82, 2.24) is 0 Å². The molecule has 0 aliphatic rings. The molecule has 0 aliphatic heterocycles. The Morgan fingerprint density at radius 3 is 1.08 bits per heavy atom. The summed E-state index contributed by atoms with van der Waals surface area (Å²) in [6.45, 7) is 14.7. The molecule has 0 aliphatic carbocycles. The van der Waals surface area contributed by atoms with E-state index >= 15 is 0 Å². The molecule has 2 nitrogen and oxygen atoms in total. The molecule has 2 unspecified atom stereocenters. The summed E-state index contributed by atoms with van der Waals surface area (Å²) in [6.07, 6.45) is 0. The van der Waals surface area contributed by atoms with Gasteiger partial charge in [0.15, 0.2) is 0 Å². The van der Waals surface area contributed by atoms with Gasteiger partial charge in [-0.05, 0) is 18.3 Å². The summed E-state index contributed by atoms with van der Waals surface area (Å²) in [5, 5.41) is 0. The van der Waals surface area contributed by atoms with Gasteiger partial charge in [0, 0.05) is 12.1 Å². The van der Waals surface area contributed by atoms with Crippen LogP contribution in [0.2, 0.25) is 0 Å². The molecule has 0 aromatic rings. The van der Waals surface area contributed by atoms with Crippen LogP contribution in [0.5, 0.6) is 0 Å². The third kappa shape index (κ3) is 11.9. The third-order valence-electron chi connectivity index (χ3n) is 1.57. The van der Waals surface area contributed by atoms with Crippen molar-refractivity contribution in [3.63, 3.8) is 0 Å². The Morgan fingerprint density at radius 1 is 0.846 bits per heavy atom.